The Labute approximate surface area is 189 Å². The topological polar surface area (TPSA) is 79.8 Å². The van der Waals surface area contributed by atoms with Gasteiger partial charge in [0.15, 0.2) is 0 Å². The molecule has 3 aromatic rings. The Kier molecular flexibility index (Phi) is 7.59. The van der Waals surface area contributed by atoms with Crippen LogP contribution in [0.2, 0.25) is 4.34 Å². The van der Waals surface area contributed by atoms with Gasteiger partial charge in [-0.15, -0.1) is 11.3 Å². The second-order valence-electron chi connectivity index (χ2n) is 6.39. The number of carbonyl (C=O) groups is 2. The third-order valence-corrected chi connectivity index (χ3v) is 5.55. The van der Waals surface area contributed by atoms with Gasteiger partial charge in [0.2, 0.25) is 0 Å². The van der Waals surface area contributed by atoms with Crippen LogP contribution in [0.1, 0.15) is 27.7 Å². The summed E-state index contributed by atoms with van der Waals surface area (Å²) in [5, 5.41) is 6.80. The number of hydrogen-bond acceptors (Lipinski definition) is 5. The number of hydrazone groups is 1. The third-order valence-electron chi connectivity index (χ3n) is 4.21. The summed E-state index contributed by atoms with van der Waals surface area (Å²) in [6.07, 6.45) is 1.57. The van der Waals surface area contributed by atoms with Crippen LogP contribution >= 0.6 is 22.9 Å². The molecule has 0 aliphatic heterocycles. The van der Waals surface area contributed by atoms with E-state index in [1.807, 2.05) is 12.1 Å². The molecule has 0 radical (unpaired) electrons. The van der Waals surface area contributed by atoms with E-state index in [1.165, 1.54) is 11.3 Å². The fourth-order valence-corrected chi connectivity index (χ4v) is 3.56. The number of methoxy groups -OCH3 is 1. The fraction of sp³-hybridized carbons (Fsp3) is 0.0870. The van der Waals surface area contributed by atoms with E-state index in [4.69, 9.17) is 16.3 Å². The molecule has 0 unspecified atom stereocenters. The molecule has 0 saturated carbocycles. The van der Waals surface area contributed by atoms with Crippen molar-refractivity contribution in [1.82, 2.24) is 10.7 Å². The number of rotatable bonds is 7. The molecule has 0 atom stereocenters. The van der Waals surface area contributed by atoms with Gasteiger partial charge in [-0.25, -0.2) is 5.43 Å². The van der Waals surface area contributed by atoms with Crippen LogP contribution in [0.4, 0.5) is 0 Å². The number of carbonyl (C=O) groups excluding carboxylic acids is 2. The lowest BCUT2D eigenvalue weighted by Crippen LogP contribution is -2.33. The Balaban J connectivity index is 1.83. The first kappa shape index (κ1) is 22.3. The lowest BCUT2D eigenvalue weighted by atomic mass is 10.1. The van der Waals surface area contributed by atoms with Gasteiger partial charge in [-0.1, -0.05) is 41.9 Å². The van der Waals surface area contributed by atoms with Gasteiger partial charge >= 0.3 is 0 Å². The van der Waals surface area contributed by atoms with Gasteiger partial charge in [0.05, 0.1) is 22.0 Å². The predicted octanol–water partition coefficient (Wildman–Crippen LogP) is 4.72. The minimum atomic E-state index is -0.554. The first-order valence-corrected chi connectivity index (χ1v) is 10.5. The summed E-state index contributed by atoms with van der Waals surface area (Å²) in [4.78, 5) is 26.3. The van der Waals surface area contributed by atoms with E-state index in [0.29, 0.717) is 26.9 Å². The monoisotopic (exact) mass is 453 g/mol. The third kappa shape index (κ3) is 6.28. The molecule has 2 amide bonds. The van der Waals surface area contributed by atoms with Crippen LogP contribution in [0.3, 0.4) is 0 Å². The van der Waals surface area contributed by atoms with Crippen molar-refractivity contribution < 1.29 is 14.3 Å². The summed E-state index contributed by atoms with van der Waals surface area (Å²) >= 11 is 7.31. The van der Waals surface area contributed by atoms with E-state index in [1.54, 1.807) is 74.7 Å². The molecule has 2 aromatic carbocycles. The van der Waals surface area contributed by atoms with Crippen molar-refractivity contribution in [1.29, 1.82) is 0 Å². The molecule has 0 spiro atoms. The van der Waals surface area contributed by atoms with E-state index in [9.17, 15) is 9.59 Å². The highest BCUT2D eigenvalue weighted by Crippen LogP contribution is 2.21. The number of halogens is 1. The van der Waals surface area contributed by atoms with Gasteiger partial charge in [0, 0.05) is 5.56 Å². The van der Waals surface area contributed by atoms with Crippen LogP contribution in [0.5, 0.6) is 5.75 Å². The number of benzene rings is 2. The van der Waals surface area contributed by atoms with Crippen LogP contribution < -0.4 is 15.5 Å². The lowest BCUT2D eigenvalue weighted by Gasteiger charge is -2.10. The summed E-state index contributed by atoms with van der Waals surface area (Å²) in [5.74, 6) is -0.269. The van der Waals surface area contributed by atoms with Crippen molar-refractivity contribution >= 4 is 46.5 Å². The molecule has 0 saturated heterocycles. The minimum absolute atomic E-state index is 0.0554. The molecule has 0 aliphatic carbocycles. The number of nitrogens with zero attached hydrogens (tertiary/aromatic N) is 1. The largest absolute Gasteiger partial charge is 0.497 e. The first-order chi connectivity index (χ1) is 15.0. The number of amides is 2. The van der Waals surface area contributed by atoms with Gasteiger partial charge in [0.1, 0.15) is 11.4 Å². The molecule has 8 heteroatoms. The van der Waals surface area contributed by atoms with Crippen molar-refractivity contribution in [2.24, 2.45) is 5.10 Å². The zero-order valence-electron chi connectivity index (χ0n) is 16.9. The normalized spacial score (nSPS) is 11.7. The van der Waals surface area contributed by atoms with Crippen LogP contribution in [0.15, 0.2) is 77.5 Å². The molecule has 1 heterocycles. The van der Waals surface area contributed by atoms with Crippen molar-refractivity contribution in [3.8, 4) is 5.75 Å². The number of ether oxygens (including phenoxy) is 1. The molecule has 0 bridgehead atoms. The quantitative estimate of drug-likeness (QED) is 0.308. The molecule has 158 valence electrons. The highest BCUT2D eigenvalue weighted by Gasteiger charge is 2.15. The molecular formula is C23H20ClN3O3S. The first-order valence-electron chi connectivity index (χ1n) is 9.29. The molecule has 31 heavy (non-hydrogen) atoms. The van der Waals surface area contributed by atoms with Crippen molar-refractivity contribution in [3.05, 3.63) is 92.8 Å². The zero-order chi connectivity index (χ0) is 22.2. The second kappa shape index (κ2) is 10.6. The summed E-state index contributed by atoms with van der Waals surface area (Å²) in [7, 11) is 1.57. The van der Waals surface area contributed by atoms with Gasteiger partial charge in [-0.3, -0.25) is 9.59 Å². The Morgan fingerprint density at radius 2 is 1.74 bits per heavy atom. The highest BCUT2D eigenvalue weighted by molar-refractivity contribution is 7.18. The smallest absolute Gasteiger partial charge is 0.287 e. The van der Waals surface area contributed by atoms with E-state index < -0.39 is 11.8 Å². The lowest BCUT2D eigenvalue weighted by molar-refractivity contribution is -0.117. The van der Waals surface area contributed by atoms with E-state index in [2.05, 4.69) is 15.8 Å². The maximum Gasteiger partial charge on any atom is 0.287 e. The van der Waals surface area contributed by atoms with E-state index in [-0.39, 0.29) is 5.70 Å². The average Bonchev–Trinajstić information content (AvgIpc) is 3.24. The van der Waals surface area contributed by atoms with Crippen molar-refractivity contribution in [2.75, 3.05) is 7.11 Å². The molecule has 2 N–H and O–H groups in total. The summed E-state index contributed by atoms with van der Waals surface area (Å²) in [5.41, 5.74) is 4.30. The fourth-order valence-electron chi connectivity index (χ4n) is 2.57. The Morgan fingerprint density at radius 3 is 2.35 bits per heavy atom. The Hall–Kier alpha value is -3.42. The molecule has 1 aromatic heterocycles. The van der Waals surface area contributed by atoms with Gasteiger partial charge in [-0.05, 0) is 55.0 Å². The van der Waals surface area contributed by atoms with Crippen molar-refractivity contribution in [3.63, 3.8) is 0 Å². The average molecular weight is 454 g/mol. The van der Waals surface area contributed by atoms with Crippen LogP contribution in [0, 0.1) is 0 Å². The van der Waals surface area contributed by atoms with Gasteiger partial charge < -0.3 is 10.1 Å². The zero-order valence-corrected chi connectivity index (χ0v) is 18.5. The summed E-state index contributed by atoms with van der Waals surface area (Å²) in [6.45, 7) is 1.76. The van der Waals surface area contributed by atoms with Crippen LogP contribution in [-0.2, 0) is 4.79 Å². The number of thiophene rings is 1. The molecule has 3 rings (SSSR count). The number of nitrogens with one attached hydrogen (secondary N) is 2. The van der Waals surface area contributed by atoms with Crippen LogP contribution in [-0.4, -0.2) is 24.6 Å². The molecule has 0 aliphatic rings. The summed E-state index contributed by atoms with van der Waals surface area (Å²) < 4.78 is 5.79. The Morgan fingerprint density at radius 1 is 1.03 bits per heavy atom. The standard InChI is InChI=1S/C23H20ClN3O3S/c1-15(20-12-13-21(24)31-20)26-27-23(29)19(14-16-8-10-18(30-2)11-9-16)25-22(28)17-6-4-3-5-7-17/h3-14H,1-2H3,(H,25,28)(H,27,29). The second-order valence-corrected chi connectivity index (χ2v) is 8.11. The minimum Gasteiger partial charge on any atom is -0.497 e. The summed E-state index contributed by atoms with van der Waals surface area (Å²) in [6, 6.07) is 19.3. The number of hydrogen-bond donors (Lipinski definition) is 2. The molecule has 6 nitrogen and oxygen atoms in total. The van der Waals surface area contributed by atoms with Gasteiger partial charge in [-0.2, -0.15) is 5.10 Å². The highest BCUT2D eigenvalue weighted by atomic mass is 35.5. The molecule has 0 fully saturated rings. The molecular weight excluding hydrogens is 434 g/mol. The van der Waals surface area contributed by atoms with Gasteiger partial charge in [0.25, 0.3) is 11.8 Å². The Bertz CT molecular complexity index is 1120. The maximum absolute atomic E-state index is 12.8. The maximum atomic E-state index is 12.8. The SMILES string of the molecule is COc1ccc(C=C(NC(=O)c2ccccc2)C(=O)NN=C(C)c2ccc(Cl)s2)cc1. The predicted molar refractivity (Wildman–Crippen MR) is 125 cm³/mol. The van der Waals surface area contributed by atoms with Crippen LogP contribution in [0.25, 0.3) is 6.08 Å². The van der Waals surface area contributed by atoms with Crippen molar-refractivity contribution in [2.45, 2.75) is 6.92 Å². The van der Waals surface area contributed by atoms with E-state index in [0.717, 1.165) is 4.88 Å². The van der Waals surface area contributed by atoms with E-state index >= 15 is 0 Å².